The minimum absolute atomic E-state index is 0. The molecule has 44 heavy (non-hydrogen) atoms. The number of nitrogens with zero attached hydrogens (tertiary/aromatic N) is 1. The third kappa shape index (κ3) is 13.2. The maximum absolute atomic E-state index is 13.3. The van der Waals surface area contributed by atoms with E-state index in [1.165, 1.54) is 4.90 Å². The third-order valence-corrected chi connectivity index (χ3v) is 8.54. The van der Waals surface area contributed by atoms with E-state index >= 15 is 0 Å². The molecule has 0 unspecified atom stereocenters. The van der Waals surface area contributed by atoms with E-state index in [9.17, 15) is 24.3 Å². The van der Waals surface area contributed by atoms with E-state index in [2.05, 4.69) is 21.3 Å². The Morgan fingerprint density at radius 2 is 1.45 bits per heavy atom. The van der Waals surface area contributed by atoms with Crippen LogP contribution in [-0.2, 0) is 19.2 Å². The maximum Gasteiger partial charge on any atom is 0.305 e. The van der Waals surface area contributed by atoms with Gasteiger partial charge < -0.3 is 36.0 Å². The number of likely N-dealkylation sites (N-methyl/N-ethyl adjacent to an activating group) is 1. The number of hydrogen-bond donors (Lipinski definition) is 5. The Labute approximate surface area is 273 Å². The van der Waals surface area contributed by atoms with Gasteiger partial charge in [0.2, 0.25) is 17.7 Å². The number of nitrogens with one attached hydrogen (secondary N) is 4. The largest absolute Gasteiger partial charge is 0.497 e. The predicted molar refractivity (Wildman–Crippen MR) is 176 cm³/mol. The van der Waals surface area contributed by atoms with Crippen LogP contribution in [-0.4, -0.2) is 81.2 Å². The molecule has 0 radical (unpaired) electrons. The zero-order valence-corrected chi connectivity index (χ0v) is 27.6. The smallest absolute Gasteiger partial charge is 0.305 e. The van der Waals surface area contributed by atoms with Crippen LogP contribution in [0.3, 0.4) is 0 Å². The van der Waals surface area contributed by atoms with Crippen molar-refractivity contribution in [2.75, 3.05) is 51.3 Å². The molecule has 250 valence electrons. The van der Waals surface area contributed by atoms with Crippen LogP contribution in [0.5, 0.6) is 5.75 Å². The summed E-state index contributed by atoms with van der Waals surface area (Å²) in [5, 5.41) is 21.6. The third-order valence-electron chi connectivity index (χ3n) is 8.54. The Balaban J connectivity index is 0.00000484. The lowest BCUT2D eigenvalue weighted by Gasteiger charge is -2.27. The summed E-state index contributed by atoms with van der Waals surface area (Å²) in [4.78, 5) is 52.5. The highest BCUT2D eigenvalue weighted by atomic mass is 35.5. The summed E-state index contributed by atoms with van der Waals surface area (Å²) in [5.41, 5.74) is 0.562. The Morgan fingerprint density at radius 3 is 1.91 bits per heavy atom. The molecule has 1 aromatic rings. The number of methoxy groups -OCH3 is 1. The van der Waals surface area contributed by atoms with Gasteiger partial charge in [-0.25, -0.2) is 0 Å². The highest BCUT2D eigenvalue weighted by molar-refractivity contribution is 6.01. The summed E-state index contributed by atoms with van der Waals surface area (Å²) in [5.74, 6) is -0.821. The summed E-state index contributed by atoms with van der Waals surface area (Å²) in [6, 6.07) is 5.54. The normalized spacial score (nSPS) is 16.2. The Bertz CT molecular complexity index is 997. The number of rotatable bonds is 16. The molecular weight excluding hydrogens is 609 g/mol. The average Bonchev–Trinajstić information content (AvgIpc) is 3.01. The second-order valence-electron chi connectivity index (χ2n) is 11.5. The average molecular weight is 661 g/mol. The lowest BCUT2D eigenvalue weighted by Crippen LogP contribution is -2.52. The van der Waals surface area contributed by atoms with E-state index in [0.29, 0.717) is 23.3 Å². The van der Waals surface area contributed by atoms with Crippen molar-refractivity contribution in [3.8, 4) is 5.75 Å². The van der Waals surface area contributed by atoms with E-state index in [0.717, 1.165) is 77.5 Å². The van der Waals surface area contributed by atoms with Crippen LogP contribution in [0.15, 0.2) is 24.3 Å². The molecule has 13 heteroatoms. The molecule has 2 heterocycles. The van der Waals surface area contributed by atoms with Gasteiger partial charge in [-0.05, 0) is 121 Å². The highest BCUT2D eigenvalue weighted by Crippen LogP contribution is 2.27. The fourth-order valence-corrected chi connectivity index (χ4v) is 5.97. The summed E-state index contributed by atoms with van der Waals surface area (Å²) >= 11 is 0. The van der Waals surface area contributed by atoms with Gasteiger partial charge in [0.15, 0.2) is 0 Å². The monoisotopic (exact) mass is 659 g/mol. The van der Waals surface area contributed by atoms with E-state index in [1.807, 2.05) is 0 Å². The summed E-state index contributed by atoms with van der Waals surface area (Å²) < 4.78 is 5.17. The second kappa shape index (κ2) is 21.2. The van der Waals surface area contributed by atoms with Gasteiger partial charge in [-0.2, -0.15) is 0 Å². The van der Waals surface area contributed by atoms with Gasteiger partial charge >= 0.3 is 5.97 Å². The van der Waals surface area contributed by atoms with E-state index in [4.69, 9.17) is 4.74 Å². The van der Waals surface area contributed by atoms with Gasteiger partial charge in [0, 0.05) is 18.2 Å². The van der Waals surface area contributed by atoms with Gasteiger partial charge in [0.25, 0.3) is 0 Å². The van der Waals surface area contributed by atoms with Crippen LogP contribution >= 0.6 is 24.8 Å². The van der Waals surface area contributed by atoms with Crippen molar-refractivity contribution < 1.29 is 29.0 Å². The first-order chi connectivity index (χ1) is 20.3. The van der Waals surface area contributed by atoms with Crippen LogP contribution in [0, 0.1) is 17.8 Å². The Morgan fingerprint density at radius 1 is 0.932 bits per heavy atom. The number of aliphatic carboxylic acids is 1. The molecule has 1 atom stereocenters. The lowest BCUT2D eigenvalue weighted by atomic mass is 9.84. The van der Waals surface area contributed by atoms with Gasteiger partial charge in [-0.1, -0.05) is 0 Å². The number of halogens is 2. The minimum Gasteiger partial charge on any atom is -0.497 e. The second-order valence-corrected chi connectivity index (χ2v) is 11.5. The van der Waals surface area contributed by atoms with Crippen molar-refractivity contribution in [2.45, 2.75) is 70.8 Å². The topological polar surface area (TPSA) is 149 Å². The number of piperidine rings is 2. The fraction of sp³-hybridized carbons (Fsp3) is 0.677. The molecular formula is C31H51Cl2N5O6. The summed E-state index contributed by atoms with van der Waals surface area (Å²) in [6.07, 6.45) is 7.47. The lowest BCUT2D eigenvalue weighted by molar-refractivity contribution is -0.140. The molecule has 2 saturated heterocycles. The fourth-order valence-electron chi connectivity index (χ4n) is 5.97. The van der Waals surface area contributed by atoms with Gasteiger partial charge in [-0.3, -0.25) is 19.2 Å². The van der Waals surface area contributed by atoms with E-state index in [-0.39, 0.29) is 49.7 Å². The Kier molecular flexibility index (Phi) is 19.0. The first-order valence-electron chi connectivity index (χ1n) is 15.5. The molecule has 3 amide bonds. The quantitative estimate of drug-likeness (QED) is 0.182. The van der Waals surface area contributed by atoms with Crippen LogP contribution in [0.2, 0.25) is 0 Å². The number of anilines is 1. The van der Waals surface area contributed by atoms with Crippen molar-refractivity contribution in [3.05, 3.63) is 24.3 Å². The molecule has 0 saturated carbocycles. The number of carboxylic acid groups (broad SMARTS) is 1. The zero-order valence-electron chi connectivity index (χ0n) is 26.0. The van der Waals surface area contributed by atoms with E-state index in [1.54, 1.807) is 38.3 Å². The molecule has 1 aromatic carbocycles. The highest BCUT2D eigenvalue weighted by Gasteiger charge is 2.29. The maximum atomic E-state index is 13.3. The molecule has 5 N–H and O–H groups in total. The van der Waals surface area contributed by atoms with Crippen molar-refractivity contribution in [1.29, 1.82) is 0 Å². The van der Waals surface area contributed by atoms with Crippen LogP contribution < -0.4 is 30.9 Å². The number of carboxylic acids is 1. The molecule has 0 aromatic heterocycles. The first kappa shape index (κ1) is 39.4. The number of carbonyl (C=O) groups excluding carboxylic acids is 3. The molecule has 0 spiro atoms. The number of carbonyl (C=O) groups is 4. The molecule has 11 nitrogen and oxygen atoms in total. The summed E-state index contributed by atoms with van der Waals surface area (Å²) in [7, 11) is 1.54. The van der Waals surface area contributed by atoms with Crippen LogP contribution in [0.4, 0.5) is 5.69 Å². The van der Waals surface area contributed by atoms with Crippen LogP contribution in [0.1, 0.15) is 64.7 Å². The molecule has 2 aliphatic rings. The number of hydrogen-bond acceptors (Lipinski definition) is 7. The zero-order chi connectivity index (χ0) is 30.3. The summed E-state index contributed by atoms with van der Waals surface area (Å²) in [6.45, 7) is 5.80. The van der Waals surface area contributed by atoms with Gasteiger partial charge in [0.1, 0.15) is 11.8 Å². The standard InChI is InChI=1S/C31H49N5O6.2ClH/c1-3-36(25-8-10-26(42-2)11-9-25)31(41)27(20-29(38)39)35-28(37)21-34-30(40)24(6-4-22-12-16-32-17-13-22)7-5-23-14-18-33-19-15-23;;/h8-11,22-24,27,32-33H,3-7,12-21H2,1-2H3,(H,34,40)(H,35,37)(H,38,39);2*1H/t27-;;/m0../s1. The van der Waals surface area contributed by atoms with E-state index < -0.39 is 30.2 Å². The van der Waals surface area contributed by atoms with Crippen molar-refractivity contribution >= 4 is 54.2 Å². The molecule has 0 bridgehead atoms. The predicted octanol–water partition coefficient (Wildman–Crippen LogP) is 3.14. The van der Waals surface area contributed by atoms with Gasteiger partial charge in [0.05, 0.1) is 20.1 Å². The number of benzene rings is 1. The molecule has 2 fully saturated rings. The minimum atomic E-state index is -1.27. The number of amides is 3. The molecule has 3 rings (SSSR count). The Hall–Kier alpha value is -2.60. The van der Waals surface area contributed by atoms with Crippen molar-refractivity contribution in [2.24, 2.45) is 17.8 Å². The first-order valence-corrected chi connectivity index (χ1v) is 15.5. The van der Waals surface area contributed by atoms with Crippen molar-refractivity contribution in [1.82, 2.24) is 21.3 Å². The number of ether oxygens (including phenoxy) is 1. The molecule has 2 aliphatic heterocycles. The van der Waals surface area contributed by atoms with Crippen LogP contribution in [0.25, 0.3) is 0 Å². The van der Waals surface area contributed by atoms with Gasteiger partial charge in [-0.15, -0.1) is 24.8 Å². The molecule has 0 aliphatic carbocycles. The SMILES string of the molecule is CCN(C(=O)[C@H](CC(=O)O)NC(=O)CNC(=O)C(CCC1CCNCC1)CCC1CCNCC1)c1ccc(OC)cc1.Cl.Cl. The van der Waals surface area contributed by atoms with Crippen molar-refractivity contribution in [3.63, 3.8) is 0 Å².